The molecule has 0 bridgehead atoms. The number of nitrogens with zero attached hydrogens (tertiary/aromatic N) is 3. The van der Waals surface area contributed by atoms with Gasteiger partial charge in [-0.1, -0.05) is 11.3 Å². The van der Waals surface area contributed by atoms with Crippen molar-refractivity contribution in [1.82, 2.24) is 14.8 Å². The minimum Gasteiger partial charge on any atom is -0.467 e. The predicted octanol–water partition coefficient (Wildman–Crippen LogP) is 3.28. The minimum atomic E-state index is 0.0698. The second-order valence-electron chi connectivity index (χ2n) is 7.06. The Morgan fingerprint density at radius 3 is 2.70 bits per heavy atom. The number of thiazole rings is 1. The molecule has 0 spiro atoms. The molecule has 2 aliphatic heterocycles. The van der Waals surface area contributed by atoms with Crippen LogP contribution in [0.5, 0.6) is 5.19 Å². The van der Waals surface area contributed by atoms with Gasteiger partial charge in [-0.3, -0.25) is 9.69 Å². The molecule has 2 fully saturated rings. The van der Waals surface area contributed by atoms with Crippen LogP contribution in [-0.2, 0) is 4.79 Å². The van der Waals surface area contributed by atoms with Crippen LogP contribution in [0.1, 0.15) is 31.4 Å². The van der Waals surface area contributed by atoms with Crippen LogP contribution in [-0.4, -0.2) is 59.0 Å². The molecule has 2 saturated heterocycles. The van der Waals surface area contributed by atoms with E-state index in [1.54, 1.807) is 35.9 Å². The number of hydrogen-bond donors (Lipinski definition) is 0. The Labute approximate surface area is 163 Å². The van der Waals surface area contributed by atoms with Crippen molar-refractivity contribution in [3.8, 4) is 5.19 Å². The highest BCUT2D eigenvalue weighted by Gasteiger charge is 2.29. The first-order chi connectivity index (χ1) is 13.3. The highest BCUT2D eigenvalue weighted by Crippen LogP contribution is 2.25. The number of likely N-dealkylation sites (tertiary alicyclic amines) is 2. The highest BCUT2D eigenvalue weighted by atomic mass is 32.1. The van der Waals surface area contributed by atoms with Gasteiger partial charge in [-0.05, 0) is 43.9 Å². The molecule has 0 saturated carbocycles. The van der Waals surface area contributed by atoms with E-state index in [2.05, 4.69) is 9.88 Å². The molecule has 0 atom stereocenters. The van der Waals surface area contributed by atoms with Crippen molar-refractivity contribution in [2.45, 2.75) is 37.8 Å². The average Bonchev–Trinajstić information content (AvgIpc) is 3.41. The largest absolute Gasteiger partial charge is 0.467 e. The maximum absolute atomic E-state index is 12.3. The molecule has 2 aromatic heterocycles. The van der Waals surface area contributed by atoms with E-state index in [0.717, 1.165) is 57.1 Å². The predicted molar refractivity (Wildman–Crippen MR) is 105 cm³/mol. The lowest BCUT2D eigenvalue weighted by Gasteiger charge is -2.41. The number of amides is 1. The summed E-state index contributed by atoms with van der Waals surface area (Å²) >= 11 is 1.56. The Morgan fingerprint density at radius 1 is 1.22 bits per heavy atom. The maximum Gasteiger partial charge on any atom is 0.273 e. The Hall–Kier alpha value is -2.12. The third-order valence-corrected chi connectivity index (χ3v) is 6.04. The summed E-state index contributed by atoms with van der Waals surface area (Å²) < 4.78 is 11.2. The van der Waals surface area contributed by atoms with Gasteiger partial charge < -0.3 is 14.1 Å². The van der Waals surface area contributed by atoms with Crippen molar-refractivity contribution < 1.29 is 13.9 Å². The summed E-state index contributed by atoms with van der Waals surface area (Å²) in [4.78, 5) is 21.1. The van der Waals surface area contributed by atoms with Crippen LogP contribution >= 0.6 is 11.3 Å². The number of carbonyl (C=O) groups excluding carboxylic acids is 1. The summed E-state index contributed by atoms with van der Waals surface area (Å²) in [6.07, 6.45) is 11.2. The number of rotatable bonds is 5. The highest BCUT2D eigenvalue weighted by molar-refractivity contribution is 7.11. The van der Waals surface area contributed by atoms with Gasteiger partial charge in [0.25, 0.3) is 5.19 Å². The van der Waals surface area contributed by atoms with Gasteiger partial charge in [0.1, 0.15) is 11.9 Å². The summed E-state index contributed by atoms with van der Waals surface area (Å²) in [5.74, 6) is 0.779. The van der Waals surface area contributed by atoms with Gasteiger partial charge >= 0.3 is 0 Å². The molecule has 1 amide bonds. The van der Waals surface area contributed by atoms with Gasteiger partial charge in [0.15, 0.2) is 0 Å². The molecular weight excluding hydrogens is 362 g/mol. The molecule has 0 radical (unpaired) electrons. The van der Waals surface area contributed by atoms with E-state index in [4.69, 9.17) is 9.15 Å². The molecule has 0 unspecified atom stereocenters. The van der Waals surface area contributed by atoms with Crippen LogP contribution in [0.4, 0.5) is 0 Å². The summed E-state index contributed by atoms with van der Waals surface area (Å²) in [6.45, 7) is 3.77. The normalized spacial score (nSPS) is 20.4. The van der Waals surface area contributed by atoms with Gasteiger partial charge in [0.2, 0.25) is 5.91 Å². The average molecular weight is 388 g/mol. The smallest absolute Gasteiger partial charge is 0.273 e. The summed E-state index contributed by atoms with van der Waals surface area (Å²) in [6, 6.07) is 4.24. The molecule has 27 heavy (non-hydrogen) atoms. The molecule has 2 aliphatic rings. The van der Waals surface area contributed by atoms with Gasteiger partial charge in [0, 0.05) is 49.9 Å². The zero-order valence-corrected chi connectivity index (χ0v) is 16.1. The van der Waals surface area contributed by atoms with E-state index < -0.39 is 0 Å². The minimum absolute atomic E-state index is 0.0698. The molecule has 6 nitrogen and oxygen atoms in total. The molecule has 0 aliphatic carbocycles. The third-order valence-electron chi connectivity index (χ3n) is 5.38. The lowest BCUT2D eigenvalue weighted by atomic mass is 9.99. The zero-order chi connectivity index (χ0) is 18.5. The van der Waals surface area contributed by atoms with Crippen LogP contribution < -0.4 is 4.74 Å². The lowest BCUT2D eigenvalue weighted by Crippen LogP contribution is -2.49. The van der Waals surface area contributed by atoms with Crippen LogP contribution in [0.25, 0.3) is 6.08 Å². The quantitative estimate of drug-likeness (QED) is 0.737. The van der Waals surface area contributed by atoms with Crippen molar-refractivity contribution in [3.05, 3.63) is 41.8 Å². The molecule has 144 valence electrons. The second-order valence-corrected chi connectivity index (χ2v) is 7.91. The molecule has 7 heteroatoms. The molecule has 4 rings (SSSR count). The van der Waals surface area contributed by atoms with Crippen molar-refractivity contribution in [1.29, 1.82) is 0 Å². The molecule has 0 N–H and O–H groups in total. The fourth-order valence-electron chi connectivity index (χ4n) is 3.87. The Kier molecular flexibility index (Phi) is 5.89. The van der Waals surface area contributed by atoms with E-state index in [1.165, 1.54) is 0 Å². The van der Waals surface area contributed by atoms with Gasteiger partial charge in [-0.2, -0.15) is 0 Å². The van der Waals surface area contributed by atoms with Crippen LogP contribution in [0.3, 0.4) is 0 Å². The maximum atomic E-state index is 12.3. The third kappa shape index (κ3) is 4.78. The van der Waals surface area contributed by atoms with Gasteiger partial charge in [-0.25, -0.2) is 4.98 Å². The van der Waals surface area contributed by atoms with E-state index in [0.29, 0.717) is 11.8 Å². The number of aromatic nitrogens is 1. The number of hydrogen-bond acceptors (Lipinski definition) is 6. The van der Waals surface area contributed by atoms with Crippen LogP contribution in [0.2, 0.25) is 0 Å². The van der Waals surface area contributed by atoms with E-state index in [-0.39, 0.29) is 12.0 Å². The fourth-order valence-corrected chi connectivity index (χ4v) is 4.42. The Balaban J connectivity index is 1.20. The number of piperidine rings is 2. The monoisotopic (exact) mass is 387 g/mol. The number of carbonyl (C=O) groups is 1. The lowest BCUT2D eigenvalue weighted by molar-refractivity contribution is -0.127. The summed E-state index contributed by atoms with van der Waals surface area (Å²) in [5.41, 5.74) is 0. The van der Waals surface area contributed by atoms with E-state index in [9.17, 15) is 4.79 Å². The first-order valence-corrected chi connectivity index (χ1v) is 10.5. The van der Waals surface area contributed by atoms with Gasteiger partial charge in [-0.15, -0.1) is 0 Å². The van der Waals surface area contributed by atoms with Crippen molar-refractivity contribution in [3.63, 3.8) is 0 Å². The first-order valence-electron chi connectivity index (χ1n) is 9.58. The standard InChI is InChI=1S/C20H25N3O3S/c24-19(4-3-17-2-1-14-25-17)23-10-5-16(6-11-23)22-12-7-18(8-13-22)26-20-21-9-15-27-20/h1-4,9,14-16,18H,5-8,10-13H2. The van der Waals surface area contributed by atoms with Crippen LogP contribution in [0.15, 0.2) is 40.5 Å². The first kappa shape index (κ1) is 18.3. The summed E-state index contributed by atoms with van der Waals surface area (Å²) in [7, 11) is 0. The summed E-state index contributed by atoms with van der Waals surface area (Å²) in [5, 5.41) is 2.73. The molecule has 4 heterocycles. The van der Waals surface area contributed by atoms with Crippen molar-refractivity contribution >= 4 is 23.3 Å². The SMILES string of the molecule is O=C(C=Cc1ccco1)N1CCC(N2CCC(Oc3nccs3)CC2)CC1. The number of furan rings is 1. The molecule has 0 aromatic carbocycles. The second kappa shape index (κ2) is 8.71. The van der Waals surface area contributed by atoms with E-state index in [1.807, 2.05) is 22.4 Å². The fraction of sp³-hybridized carbons (Fsp3) is 0.500. The molecular formula is C20H25N3O3S. The zero-order valence-electron chi connectivity index (χ0n) is 15.3. The Bertz CT molecular complexity index is 729. The van der Waals surface area contributed by atoms with E-state index >= 15 is 0 Å². The molecule has 2 aromatic rings. The topological polar surface area (TPSA) is 58.8 Å². The van der Waals surface area contributed by atoms with Crippen molar-refractivity contribution in [2.75, 3.05) is 26.2 Å². The van der Waals surface area contributed by atoms with Crippen LogP contribution in [0, 0.1) is 0 Å². The van der Waals surface area contributed by atoms with Crippen molar-refractivity contribution in [2.24, 2.45) is 0 Å². The van der Waals surface area contributed by atoms with Gasteiger partial charge in [0.05, 0.1) is 6.26 Å². The Morgan fingerprint density at radius 2 is 2.04 bits per heavy atom. The number of ether oxygens (including phenoxy) is 1.